The molecule has 15 heavy (non-hydrogen) atoms. The molecule has 0 aliphatic rings. The third-order valence-corrected chi connectivity index (χ3v) is 1.82. The predicted octanol–water partition coefficient (Wildman–Crippen LogP) is -1.23. The van der Waals surface area contributed by atoms with E-state index in [1.165, 1.54) is 13.4 Å². The van der Waals surface area contributed by atoms with Crippen LogP contribution in [0.2, 0.25) is 0 Å². The van der Waals surface area contributed by atoms with Crippen molar-refractivity contribution in [2.24, 2.45) is 0 Å². The number of aromatic amines is 1. The molecule has 0 saturated carbocycles. The molecule has 0 aliphatic heterocycles. The first kappa shape index (κ1) is 11.5. The van der Waals surface area contributed by atoms with Crippen LogP contribution in [0.4, 0.5) is 11.5 Å². The summed E-state index contributed by atoms with van der Waals surface area (Å²) in [5.74, 6) is 0.245. The van der Waals surface area contributed by atoms with E-state index in [4.69, 9.17) is 15.6 Å². The van der Waals surface area contributed by atoms with Crippen molar-refractivity contribution in [1.82, 2.24) is 9.97 Å². The number of hydrogen-bond donors (Lipinski definition) is 4. The lowest BCUT2D eigenvalue weighted by atomic mass is 10.3. The van der Waals surface area contributed by atoms with Gasteiger partial charge in [-0.1, -0.05) is 0 Å². The molecule has 1 heterocycles. The van der Waals surface area contributed by atoms with E-state index in [1.807, 2.05) is 0 Å². The Morgan fingerprint density at radius 3 is 3.13 bits per heavy atom. The molecule has 0 fully saturated rings. The predicted molar refractivity (Wildman–Crippen MR) is 55.6 cm³/mol. The SMILES string of the molecule is COCC(CO)Nc1nc[nH]c(=O)c1N. The topological polar surface area (TPSA) is 113 Å². The molecular formula is C8H14N4O3. The smallest absolute Gasteiger partial charge is 0.276 e. The third-order valence-electron chi connectivity index (χ3n) is 1.82. The van der Waals surface area contributed by atoms with E-state index in [9.17, 15) is 4.79 Å². The zero-order valence-corrected chi connectivity index (χ0v) is 8.36. The van der Waals surface area contributed by atoms with Gasteiger partial charge in [-0.05, 0) is 0 Å². The molecular weight excluding hydrogens is 200 g/mol. The van der Waals surface area contributed by atoms with Crippen molar-refractivity contribution in [2.75, 3.05) is 31.4 Å². The van der Waals surface area contributed by atoms with Gasteiger partial charge >= 0.3 is 0 Å². The number of H-pyrrole nitrogens is 1. The first-order valence-electron chi connectivity index (χ1n) is 4.38. The summed E-state index contributed by atoms with van der Waals surface area (Å²) in [4.78, 5) is 17.3. The van der Waals surface area contributed by atoms with Crippen molar-refractivity contribution in [3.05, 3.63) is 16.7 Å². The average molecular weight is 214 g/mol. The molecule has 0 aliphatic carbocycles. The van der Waals surface area contributed by atoms with Gasteiger partial charge in [-0.3, -0.25) is 4.79 Å². The van der Waals surface area contributed by atoms with E-state index in [2.05, 4.69) is 15.3 Å². The highest BCUT2D eigenvalue weighted by Crippen LogP contribution is 2.08. The number of aliphatic hydroxyl groups is 1. The highest BCUT2D eigenvalue weighted by Gasteiger charge is 2.10. The molecule has 0 bridgehead atoms. The fourth-order valence-electron chi connectivity index (χ4n) is 1.06. The van der Waals surface area contributed by atoms with Crippen LogP contribution in [0.15, 0.2) is 11.1 Å². The summed E-state index contributed by atoms with van der Waals surface area (Å²) in [6.07, 6.45) is 1.24. The summed E-state index contributed by atoms with van der Waals surface area (Å²) in [5.41, 5.74) is 5.07. The zero-order valence-electron chi connectivity index (χ0n) is 8.36. The van der Waals surface area contributed by atoms with Crippen LogP contribution in [0.1, 0.15) is 0 Å². The first-order chi connectivity index (χ1) is 7.19. The number of nitrogens with two attached hydrogens (primary N) is 1. The molecule has 0 radical (unpaired) electrons. The van der Waals surface area contributed by atoms with Gasteiger partial charge in [-0.25, -0.2) is 4.98 Å². The Hall–Kier alpha value is -1.60. The van der Waals surface area contributed by atoms with Crippen molar-refractivity contribution in [1.29, 1.82) is 0 Å². The molecule has 0 spiro atoms. The van der Waals surface area contributed by atoms with E-state index < -0.39 is 5.56 Å². The number of rotatable bonds is 5. The third kappa shape index (κ3) is 2.93. The summed E-state index contributed by atoms with van der Waals surface area (Å²) in [6.45, 7) is 0.159. The van der Waals surface area contributed by atoms with Gasteiger partial charge < -0.3 is 25.9 Å². The Bertz CT molecular complexity index is 365. The fourth-order valence-corrected chi connectivity index (χ4v) is 1.06. The minimum atomic E-state index is -0.415. The van der Waals surface area contributed by atoms with E-state index in [1.54, 1.807) is 0 Å². The monoisotopic (exact) mass is 214 g/mol. The maximum absolute atomic E-state index is 11.1. The lowest BCUT2D eigenvalue weighted by Crippen LogP contribution is -2.30. The number of ether oxygens (including phenoxy) is 1. The van der Waals surface area contributed by atoms with Crippen LogP contribution >= 0.6 is 0 Å². The number of aromatic nitrogens is 2. The Balaban J connectivity index is 2.79. The van der Waals surface area contributed by atoms with Gasteiger partial charge in [0, 0.05) is 7.11 Å². The number of aliphatic hydroxyl groups excluding tert-OH is 1. The van der Waals surface area contributed by atoms with E-state index >= 15 is 0 Å². The van der Waals surface area contributed by atoms with Gasteiger partial charge in [-0.2, -0.15) is 0 Å². The first-order valence-corrected chi connectivity index (χ1v) is 4.38. The molecule has 1 atom stereocenters. The van der Waals surface area contributed by atoms with Crippen molar-refractivity contribution >= 4 is 11.5 Å². The van der Waals surface area contributed by atoms with Crippen molar-refractivity contribution in [3.8, 4) is 0 Å². The lowest BCUT2D eigenvalue weighted by Gasteiger charge is -2.16. The second kappa shape index (κ2) is 5.32. The summed E-state index contributed by atoms with van der Waals surface area (Å²) in [7, 11) is 1.51. The molecule has 0 aromatic carbocycles. The molecule has 1 aromatic heterocycles. The van der Waals surface area contributed by atoms with Gasteiger partial charge in [0.1, 0.15) is 5.69 Å². The zero-order chi connectivity index (χ0) is 11.3. The number of anilines is 2. The van der Waals surface area contributed by atoms with Crippen LogP contribution in [-0.4, -0.2) is 41.4 Å². The van der Waals surface area contributed by atoms with Crippen LogP contribution in [0.25, 0.3) is 0 Å². The van der Waals surface area contributed by atoms with Crippen molar-refractivity contribution in [2.45, 2.75) is 6.04 Å². The quantitative estimate of drug-likeness (QED) is 0.488. The van der Waals surface area contributed by atoms with Crippen LogP contribution in [0.3, 0.4) is 0 Å². The van der Waals surface area contributed by atoms with Gasteiger partial charge in [0.15, 0.2) is 5.82 Å². The summed E-state index contributed by atoms with van der Waals surface area (Å²) < 4.78 is 4.86. The minimum Gasteiger partial charge on any atom is -0.394 e. The molecule has 7 nitrogen and oxygen atoms in total. The molecule has 5 N–H and O–H groups in total. The Labute approximate surface area is 86.3 Å². The van der Waals surface area contributed by atoms with Crippen molar-refractivity contribution in [3.63, 3.8) is 0 Å². The molecule has 1 rings (SSSR count). The number of nitrogens with zero attached hydrogens (tertiary/aromatic N) is 1. The minimum absolute atomic E-state index is 0.00736. The molecule has 1 aromatic rings. The van der Waals surface area contributed by atoms with E-state index in [0.29, 0.717) is 6.61 Å². The Morgan fingerprint density at radius 1 is 1.80 bits per heavy atom. The van der Waals surface area contributed by atoms with E-state index in [0.717, 1.165) is 0 Å². The number of hydrogen-bond acceptors (Lipinski definition) is 6. The number of nitrogens with one attached hydrogen (secondary N) is 2. The summed E-state index contributed by atoms with van der Waals surface area (Å²) in [6, 6.07) is -0.341. The maximum atomic E-state index is 11.1. The second-order valence-electron chi connectivity index (χ2n) is 2.97. The average Bonchev–Trinajstić information content (AvgIpc) is 2.24. The molecule has 0 saturated heterocycles. The number of methoxy groups -OCH3 is 1. The fraction of sp³-hybridized carbons (Fsp3) is 0.500. The molecule has 7 heteroatoms. The largest absolute Gasteiger partial charge is 0.394 e. The standard InChI is InChI=1S/C8H14N4O3/c1-15-3-5(2-13)12-7-6(9)8(14)11-4-10-7/h4-5,13H,2-3,9H2,1H3,(H2,10,11,12,14). The van der Waals surface area contributed by atoms with Gasteiger partial charge in [0.05, 0.1) is 25.6 Å². The molecule has 84 valence electrons. The van der Waals surface area contributed by atoms with Crippen LogP contribution in [-0.2, 0) is 4.74 Å². The van der Waals surface area contributed by atoms with Crippen LogP contribution in [0.5, 0.6) is 0 Å². The van der Waals surface area contributed by atoms with Gasteiger partial charge in [0.2, 0.25) is 0 Å². The molecule has 0 amide bonds. The summed E-state index contributed by atoms with van der Waals surface area (Å²) >= 11 is 0. The van der Waals surface area contributed by atoms with Gasteiger partial charge in [0.25, 0.3) is 5.56 Å². The van der Waals surface area contributed by atoms with Crippen molar-refractivity contribution < 1.29 is 9.84 Å². The van der Waals surface area contributed by atoms with Crippen LogP contribution in [0, 0.1) is 0 Å². The highest BCUT2D eigenvalue weighted by molar-refractivity contribution is 5.59. The maximum Gasteiger partial charge on any atom is 0.276 e. The van der Waals surface area contributed by atoms with Crippen LogP contribution < -0.4 is 16.6 Å². The summed E-state index contributed by atoms with van der Waals surface area (Å²) in [5, 5.41) is 11.8. The van der Waals surface area contributed by atoms with E-state index in [-0.39, 0.29) is 24.2 Å². The lowest BCUT2D eigenvalue weighted by molar-refractivity contribution is 0.153. The Kier molecular flexibility index (Phi) is 4.07. The Morgan fingerprint density at radius 2 is 2.53 bits per heavy atom. The second-order valence-corrected chi connectivity index (χ2v) is 2.97. The normalized spacial score (nSPS) is 12.4. The number of nitrogen functional groups attached to an aromatic ring is 1. The highest BCUT2D eigenvalue weighted by atomic mass is 16.5. The van der Waals surface area contributed by atoms with Gasteiger partial charge in [-0.15, -0.1) is 0 Å². The molecule has 1 unspecified atom stereocenters.